The summed E-state index contributed by atoms with van der Waals surface area (Å²) in [7, 11) is 5.32. The average Bonchev–Trinajstić information content (AvgIpc) is 2.36. The fraction of sp³-hybridized carbons (Fsp3) is 0.231. The van der Waals surface area contributed by atoms with Crippen molar-refractivity contribution in [3.63, 3.8) is 0 Å². The molecule has 0 saturated carbocycles. The Kier molecular flexibility index (Phi) is 3.43. The van der Waals surface area contributed by atoms with Crippen LogP contribution in [0.3, 0.4) is 0 Å². The van der Waals surface area contributed by atoms with Crippen molar-refractivity contribution in [2.75, 3.05) is 26.5 Å². The van der Waals surface area contributed by atoms with Crippen molar-refractivity contribution in [3.8, 4) is 0 Å². The molecule has 18 heavy (non-hydrogen) atoms. The Bertz CT molecular complexity index is 580. The van der Waals surface area contributed by atoms with Gasteiger partial charge in [0.2, 0.25) is 0 Å². The highest BCUT2D eigenvalue weighted by Crippen LogP contribution is 2.21. The first-order valence-corrected chi connectivity index (χ1v) is 5.67. The Labute approximate surface area is 106 Å². The van der Waals surface area contributed by atoms with Crippen LogP contribution in [-0.4, -0.2) is 37.0 Å². The molecule has 1 aromatic heterocycles. The molecule has 1 aromatic carbocycles. The number of hydrazine groups is 1. The minimum atomic E-state index is -0.220. The molecule has 0 radical (unpaired) electrons. The molecule has 2 rings (SSSR count). The second kappa shape index (κ2) is 5.01. The number of nitrogens with one attached hydrogen (secondary N) is 2. The van der Waals surface area contributed by atoms with Crippen molar-refractivity contribution in [3.05, 3.63) is 36.0 Å². The van der Waals surface area contributed by atoms with Crippen molar-refractivity contribution in [1.29, 1.82) is 0 Å². The summed E-state index contributed by atoms with van der Waals surface area (Å²) in [6, 6.07) is 9.61. The summed E-state index contributed by atoms with van der Waals surface area (Å²) < 4.78 is 0. The number of hydrogen-bond acceptors (Lipinski definition) is 4. The number of rotatable bonds is 3. The zero-order valence-corrected chi connectivity index (χ0v) is 10.7. The van der Waals surface area contributed by atoms with E-state index < -0.39 is 0 Å². The lowest BCUT2D eigenvalue weighted by Gasteiger charge is -2.13. The van der Waals surface area contributed by atoms with Gasteiger partial charge >= 0.3 is 0 Å². The Hall–Kier alpha value is -2.14. The van der Waals surface area contributed by atoms with Crippen LogP contribution in [0.25, 0.3) is 10.8 Å². The zero-order chi connectivity index (χ0) is 13.1. The molecule has 0 bridgehead atoms. The number of pyridine rings is 1. The van der Waals surface area contributed by atoms with E-state index in [0.717, 1.165) is 10.8 Å². The number of aromatic nitrogens is 1. The highest BCUT2D eigenvalue weighted by molar-refractivity contribution is 6.00. The maximum absolute atomic E-state index is 11.9. The van der Waals surface area contributed by atoms with Crippen LogP contribution >= 0.6 is 0 Å². The van der Waals surface area contributed by atoms with Crippen LogP contribution in [-0.2, 0) is 0 Å². The van der Waals surface area contributed by atoms with Gasteiger partial charge in [-0.1, -0.05) is 24.3 Å². The van der Waals surface area contributed by atoms with Gasteiger partial charge in [-0.2, -0.15) is 0 Å². The molecular weight excluding hydrogens is 228 g/mol. The maximum Gasteiger partial charge on any atom is 0.284 e. The fourth-order valence-electron chi connectivity index (χ4n) is 1.77. The monoisotopic (exact) mass is 244 g/mol. The number of anilines is 1. The number of fused-ring (bicyclic) bond motifs is 1. The fourth-order valence-corrected chi connectivity index (χ4v) is 1.77. The number of carbonyl (C=O) groups is 1. The van der Waals surface area contributed by atoms with Gasteiger partial charge < -0.3 is 5.32 Å². The molecule has 2 N–H and O–H groups in total. The summed E-state index contributed by atoms with van der Waals surface area (Å²) in [6.07, 6.45) is 0. The highest BCUT2D eigenvalue weighted by atomic mass is 16.2. The lowest BCUT2D eigenvalue weighted by Crippen LogP contribution is -2.36. The molecule has 0 spiro atoms. The quantitative estimate of drug-likeness (QED) is 0.803. The van der Waals surface area contributed by atoms with Gasteiger partial charge in [0.1, 0.15) is 11.5 Å². The van der Waals surface area contributed by atoms with Crippen LogP contribution in [0.5, 0.6) is 0 Å². The van der Waals surface area contributed by atoms with Crippen LogP contribution in [0.2, 0.25) is 0 Å². The second-order valence-electron chi connectivity index (χ2n) is 4.16. The van der Waals surface area contributed by atoms with Crippen LogP contribution in [0.15, 0.2) is 30.3 Å². The maximum atomic E-state index is 11.9. The molecule has 0 aliphatic heterocycles. The van der Waals surface area contributed by atoms with E-state index in [1.165, 1.54) is 0 Å². The first-order chi connectivity index (χ1) is 8.61. The van der Waals surface area contributed by atoms with E-state index in [1.807, 2.05) is 24.3 Å². The van der Waals surface area contributed by atoms with Gasteiger partial charge in [-0.05, 0) is 11.5 Å². The Morgan fingerprint density at radius 2 is 2.00 bits per heavy atom. The van der Waals surface area contributed by atoms with Gasteiger partial charge in [0.05, 0.1) is 0 Å². The minimum absolute atomic E-state index is 0.220. The summed E-state index contributed by atoms with van der Waals surface area (Å²) in [4.78, 5) is 16.2. The third-order valence-corrected chi connectivity index (χ3v) is 2.53. The van der Waals surface area contributed by atoms with Crippen molar-refractivity contribution >= 4 is 22.5 Å². The molecule has 1 heterocycles. The molecule has 5 heteroatoms. The van der Waals surface area contributed by atoms with Crippen molar-refractivity contribution < 1.29 is 4.79 Å². The van der Waals surface area contributed by atoms with E-state index in [0.29, 0.717) is 11.5 Å². The van der Waals surface area contributed by atoms with Crippen LogP contribution in [0.4, 0.5) is 5.82 Å². The van der Waals surface area contributed by atoms with E-state index in [1.54, 1.807) is 32.2 Å². The summed E-state index contributed by atoms with van der Waals surface area (Å²) in [6.45, 7) is 0. The molecule has 2 aromatic rings. The second-order valence-corrected chi connectivity index (χ2v) is 4.16. The average molecular weight is 244 g/mol. The zero-order valence-electron chi connectivity index (χ0n) is 10.7. The third kappa shape index (κ3) is 2.41. The molecule has 0 saturated heterocycles. The molecule has 5 nitrogen and oxygen atoms in total. The topological polar surface area (TPSA) is 57.3 Å². The molecule has 0 atom stereocenters. The van der Waals surface area contributed by atoms with Gasteiger partial charge in [-0.15, -0.1) is 0 Å². The molecule has 0 fully saturated rings. The van der Waals surface area contributed by atoms with Crippen molar-refractivity contribution in [2.24, 2.45) is 0 Å². The van der Waals surface area contributed by atoms with E-state index in [4.69, 9.17) is 0 Å². The van der Waals surface area contributed by atoms with E-state index in [-0.39, 0.29) is 5.91 Å². The summed E-state index contributed by atoms with van der Waals surface area (Å²) >= 11 is 0. The minimum Gasteiger partial charge on any atom is -0.373 e. The summed E-state index contributed by atoms with van der Waals surface area (Å²) in [5.74, 6) is 0.485. The Balaban J connectivity index is 2.50. The number of benzene rings is 1. The number of hydrogen-bond donors (Lipinski definition) is 2. The Morgan fingerprint density at radius 1 is 1.28 bits per heavy atom. The van der Waals surface area contributed by atoms with Crippen molar-refractivity contribution in [2.45, 2.75) is 0 Å². The largest absolute Gasteiger partial charge is 0.373 e. The first kappa shape index (κ1) is 12.3. The molecular formula is C13H16N4O. The predicted molar refractivity (Wildman–Crippen MR) is 72.4 cm³/mol. The first-order valence-electron chi connectivity index (χ1n) is 5.67. The molecule has 0 aliphatic carbocycles. The number of nitrogens with zero attached hydrogens (tertiary/aromatic N) is 2. The van der Waals surface area contributed by atoms with Crippen LogP contribution in [0, 0.1) is 0 Å². The van der Waals surface area contributed by atoms with Crippen LogP contribution < -0.4 is 10.7 Å². The van der Waals surface area contributed by atoms with Gasteiger partial charge in [0, 0.05) is 26.5 Å². The molecule has 0 unspecified atom stereocenters. The lowest BCUT2D eigenvalue weighted by molar-refractivity contribution is 0.0852. The standard InChI is InChI=1S/C13H16N4O/c1-14-12-10-7-5-4-6-9(10)8-11(15-12)13(18)16-17(2)3/h4-8H,1-3H3,(H,14,15)(H,16,18). The third-order valence-electron chi connectivity index (χ3n) is 2.53. The van der Waals surface area contributed by atoms with Crippen LogP contribution in [0.1, 0.15) is 10.5 Å². The lowest BCUT2D eigenvalue weighted by atomic mass is 10.1. The highest BCUT2D eigenvalue weighted by Gasteiger charge is 2.11. The van der Waals surface area contributed by atoms with Gasteiger partial charge in [0.25, 0.3) is 5.91 Å². The van der Waals surface area contributed by atoms with E-state index >= 15 is 0 Å². The van der Waals surface area contributed by atoms with E-state index in [2.05, 4.69) is 15.7 Å². The van der Waals surface area contributed by atoms with Gasteiger partial charge in [-0.25, -0.2) is 9.99 Å². The molecule has 1 amide bonds. The molecule has 0 aliphatic rings. The van der Waals surface area contributed by atoms with Gasteiger partial charge in [-0.3, -0.25) is 10.2 Å². The molecule has 94 valence electrons. The normalized spacial score (nSPS) is 10.7. The number of carbonyl (C=O) groups excluding carboxylic acids is 1. The summed E-state index contributed by atoms with van der Waals surface area (Å²) in [5.41, 5.74) is 3.07. The SMILES string of the molecule is CNc1nc(C(=O)NN(C)C)cc2ccccc12. The van der Waals surface area contributed by atoms with E-state index in [9.17, 15) is 4.79 Å². The number of amides is 1. The smallest absolute Gasteiger partial charge is 0.284 e. The summed E-state index contributed by atoms with van der Waals surface area (Å²) in [5, 5.41) is 6.60. The predicted octanol–water partition coefficient (Wildman–Crippen LogP) is 1.48. The van der Waals surface area contributed by atoms with Gasteiger partial charge in [0.15, 0.2) is 0 Å². The van der Waals surface area contributed by atoms with Crippen molar-refractivity contribution in [1.82, 2.24) is 15.4 Å². The Morgan fingerprint density at radius 3 is 2.67 bits per heavy atom.